The van der Waals surface area contributed by atoms with Crippen molar-refractivity contribution in [1.29, 1.82) is 0 Å². The molecule has 0 aromatic rings. The van der Waals surface area contributed by atoms with Crippen LogP contribution in [0.1, 0.15) is 40.0 Å². The molecule has 2 N–H and O–H groups in total. The number of rotatable bonds is 8. The monoisotopic (exact) mass is 201 g/mol. The van der Waals surface area contributed by atoms with E-state index in [4.69, 9.17) is 5.11 Å². The van der Waals surface area contributed by atoms with E-state index in [0.717, 1.165) is 25.4 Å². The Morgan fingerprint density at radius 3 is 2.36 bits per heavy atom. The van der Waals surface area contributed by atoms with Gasteiger partial charge in [0, 0.05) is 0 Å². The fourth-order valence-electron chi connectivity index (χ4n) is 1.20. The minimum absolute atomic E-state index is 0.229. The summed E-state index contributed by atoms with van der Waals surface area (Å²) >= 11 is 0. The molecule has 14 heavy (non-hydrogen) atoms. The molecule has 0 heterocycles. The fraction of sp³-hybridized carbons (Fsp3) is 0.909. The van der Waals surface area contributed by atoms with Gasteiger partial charge in [-0.3, -0.25) is 4.79 Å². The zero-order chi connectivity index (χ0) is 11.0. The van der Waals surface area contributed by atoms with Crippen molar-refractivity contribution in [3.05, 3.63) is 0 Å². The fourth-order valence-corrected chi connectivity index (χ4v) is 1.20. The molecule has 0 aliphatic heterocycles. The topological polar surface area (TPSA) is 49.3 Å². The third-order valence-corrected chi connectivity index (χ3v) is 2.31. The van der Waals surface area contributed by atoms with Crippen molar-refractivity contribution in [3.63, 3.8) is 0 Å². The largest absolute Gasteiger partial charge is 0.481 e. The lowest BCUT2D eigenvalue weighted by atomic mass is 10.1. The normalized spacial score (nSPS) is 13.1. The summed E-state index contributed by atoms with van der Waals surface area (Å²) in [6, 6.07) is 0. The Labute approximate surface area is 86.9 Å². The number of carbonyl (C=O) groups is 1. The molecule has 0 aliphatic rings. The van der Waals surface area contributed by atoms with Crippen LogP contribution in [0.5, 0.6) is 0 Å². The van der Waals surface area contributed by atoms with Crippen molar-refractivity contribution in [1.82, 2.24) is 5.32 Å². The van der Waals surface area contributed by atoms with Gasteiger partial charge in [-0.05, 0) is 38.3 Å². The highest BCUT2D eigenvalue weighted by molar-refractivity contribution is 5.69. The van der Waals surface area contributed by atoms with Crippen LogP contribution in [0, 0.1) is 11.8 Å². The SMILES string of the molecule is CC(C)CCCNCCC(C)C(=O)O. The molecule has 0 saturated carbocycles. The van der Waals surface area contributed by atoms with Crippen molar-refractivity contribution in [2.75, 3.05) is 13.1 Å². The van der Waals surface area contributed by atoms with Crippen LogP contribution < -0.4 is 5.32 Å². The van der Waals surface area contributed by atoms with E-state index in [1.165, 1.54) is 12.8 Å². The number of hydrogen-bond donors (Lipinski definition) is 2. The first-order chi connectivity index (χ1) is 6.54. The van der Waals surface area contributed by atoms with Gasteiger partial charge in [0.1, 0.15) is 0 Å². The van der Waals surface area contributed by atoms with Crippen LogP contribution in [0.25, 0.3) is 0 Å². The molecule has 1 unspecified atom stereocenters. The van der Waals surface area contributed by atoms with E-state index in [1.807, 2.05) is 0 Å². The van der Waals surface area contributed by atoms with Gasteiger partial charge in [0.15, 0.2) is 0 Å². The molecular weight excluding hydrogens is 178 g/mol. The average Bonchev–Trinajstić information content (AvgIpc) is 2.09. The first-order valence-electron chi connectivity index (χ1n) is 5.47. The van der Waals surface area contributed by atoms with Crippen molar-refractivity contribution < 1.29 is 9.90 Å². The van der Waals surface area contributed by atoms with Crippen LogP contribution in [0.2, 0.25) is 0 Å². The summed E-state index contributed by atoms with van der Waals surface area (Å²) in [5.74, 6) is -0.170. The lowest BCUT2D eigenvalue weighted by Gasteiger charge is -2.08. The molecule has 0 spiro atoms. The maximum absolute atomic E-state index is 10.5. The van der Waals surface area contributed by atoms with Crippen LogP contribution in [-0.4, -0.2) is 24.2 Å². The van der Waals surface area contributed by atoms with Crippen molar-refractivity contribution >= 4 is 5.97 Å². The summed E-state index contributed by atoms with van der Waals surface area (Å²) in [6.45, 7) is 7.99. The Hall–Kier alpha value is -0.570. The van der Waals surface area contributed by atoms with Crippen LogP contribution in [0.3, 0.4) is 0 Å². The summed E-state index contributed by atoms with van der Waals surface area (Å²) in [7, 11) is 0. The molecule has 0 aromatic carbocycles. The van der Waals surface area contributed by atoms with E-state index >= 15 is 0 Å². The van der Waals surface area contributed by atoms with Gasteiger partial charge in [0.2, 0.25) is 0 Å². The van der Waals surface area contributed by atoms with Gasteiger partial charge >= 0.3 is 5.97 Å². The quantitative estimate of drug-likeness (QED) is 0.591. The average molecular weight is 201 g/mol. The molecule has 0 saturated heterocycles. The molecule has 0 fully saturated rings. The number of carboxylic acid groups (broad SMARTS) is 1. The highest BCUT2D eigenvalue weighted by atomic mass is 16.4. The zero-order valence-corrected chi connectivity index (χ0v) is 9.55. The number of aliphatic carboxylic acids is 1. The highest BCUT2D eigenvalue weighted by Crippen LogP contribution is 2.02. The lowest BCUT2D eigenvalue weighted by molar-refractivity contribution is -0.141. The highest BCUT2D eigenvalue weighted by Gasteiger charge is 2.08. The minimum Gasteiger partial charge on any atom is -0.481 e. The van der Waals surface area contributed by atoms with Crippen molar-refractivity contribution in [2.24, 2.45) is 11.8 Å². The first kappa shape index (κ1) is 13.4. The van der Waals surface area contributed by atoms with Gasteiger partial charge in [0.05, 0.1) is 5.92 Å². The Kier molecular flexibility index (Phi) is 7.48. The Morgan fingerprint density at radius 1 is 1.21 bits per heavy atom. The zero-order valence-electron chi connectivity index (χ0n) is 9.55. The van der Waals surface area contributed by atoms with E-state index in [2.05, 4.69) is 19.2 Å². The van der Waals surface area contributed by atoms with E-state index in [0.29, 0.717) is 0 Å². The molecule has 0 aromatic heterocycles. The van der Waals surface area contributed by atoms with Crippen LogP contribution in [-0.2, 0) is 4.79 Å². The molecule has 0 radical (unpaired) electrons. The van der Waals surface area contributed by atoms with E-state index in [-0.39, 0.29) is 5.92 Å². The smallest absolute Gasteiger partial charge is 0.306 e. The summed E-state index contributed by atoms with van der Waals surface area (Å²) in [4.78, 5) is 10.5. The minimum atomic E-state index is -0.700. The number of nitrogens with one attached hydrogen (secondary N) is 1. The predicted octanol–water partition coefficient (Wildman–Crippen LogP) is 2.12. The van der Waals surface area contributed by atoms with Gasteiger partial charge in [-0.1, -0.05) is 20.8 Å². The van der Waals surface area contributed by atoms with Gasteiger partial charge in [-0.15, -0.1) is 0 Å². The Balaban J connectivity index is 3.17. The molecule has 0 rings (SSSR count). The summed E-state index contributed by atoms with van der Waals surface area (Å²) in [6.07, 6.45) is 3.14. The maximum Gasteiger partial charge on any atom is 0.306 e. The van der Waals surface area contributed by atoms with E-state index in [9.17, 15) is 4.79 Å². The van der Waals surface area contributed by atoms with Crippen molar-refractivity contribution in [2.45, 2.75) is 40.0 Å². The van der Waals surface area contributed by atoms with Gasteiger partial charge in [0.25, 0.3) is 0 Å². The molecule has 1 atom stereocenters. The standard InChI is InChI=1S/C11H23NO2/c1-9(2)5-4-7-12-8-6-10(3)11(13)14/h9-10,12H,4-8H2,1-3H3,(H,13,14). The molecule has 3 heteroatoms. The molecule has 3 nitrogen and oxygen atoms in total. The Bertz CT molecular complexity index is 157. The molecule has 84 valence electrons. The summed E-state index contributed by atoms with van der Waals surface area (Å²) < 4.78 is 0. The number of hydrogen-bond acceptors (Lipinski definition) is 2. The number of carboxylic acids is 1. The summed E-state index contributed by atoms with van der Waals surface area (Å²) in [5, 5.41) is 11.9. The molecule has 0 aliphatic carbocycles. The summed E-state index contributed by atoms with van der Waals surface area (Å²) in [5.41, 5.74) is 0. The molecule has 0 amide bonds. The van der Waals surface area contributed by atoms with Gasteiger partial charge in [-0.25, -0.2) is 0 Å². The van der Waals surface area contributed by atoms with Crippen LogP contribution in [0.4, 0.5) is 0 Å². The lowest BCUT2D eigenvalue weighted by Crippen LogP contribution is -2.21. The third kappa shape index (κ3) is 8.05. The maximum atomic E-state index is 10.5. The van der Waals surface area contributed by atoms with Gasteiger partial charge < -0.3 is 10.4 Å². The predicted molar refractivity (Wildman–Crippen MR) is 58.4 cm³/mol. The van der Waals surface area contributed by atoms with E-state index in [1.54, 1.807) is 6.92 Å². The van der Waals surface area contributed by atoms with Gasteiger partial charge in [-0.2, -0.15) is 0 Å². The first-order valence-corrected chi connectivity index (χ1v) is 5.47. The van der Waals surface area contributed by atoms with E-state index < -0.39 is 5.97 Å². The van der Waals surface area contributed by atoms with Crippen molar-refractivity contribution in [3.8, 4) is 0 Å². The van der Waals surface area contributed by atoms with Crippen LogP contribution in [0.15, 0.2) is 0 Å². The second-order valence-corrected chi connectivity index (χ2v) is 4.31. The second kappa shape index (κ2) is 7.80. The molecule has 0 bridgehead atoms. The second-order valence-electron chi connectivity index (χ2n) is 4.31. The van der Waals surface area contributed by atoms with Crippen LogP contribution >= 0.6 is 0 Å². The third-order valence-electron chi connectivity index (χ3n) is 2.31. The molecular formula is C11H23NO2. The Morgan fingerprint density at radius 2 is 1.86 bits per heavy atom.